The molecule has 0 spiro atoms. The van der Waals surface area contributed by atoms with Gasteiger partial charge in [0.1, 0.15) is 17.3 Å². The molecule has 4 rings (SSSR count). The number of benzene rings is 1. The Morgan fingerprint density at radius 3 is 2.71 bits per heavy atom. The zero-order valence-corrected chi connectivity index (χ0v) is 20.5. The minimum atomic E-state index is -4.18. The van der Waals surface area contributed by atoms with Crippen molar-refractivity contribution in [2.45, 2.75) is 57.4 Å². The highest BCUT2D eigenvalue weighted by atomic mass is 32.2. The summed E-state index contributed by atoms with van der Waals surface area (Å²) in [6.07, 6.45) is 3.79. The van der Waals surface area contributed by atoms with E-state index in [2.05, 4.69) is 14.8 Å². The maximum atomic E-state index is 15.2. The molecule has 10 heteroatoms. The van der Waals surface area contributed by atoms with Crippen molar-refractivity contribution in [3.05, 3.63) is 59.3 Å². The van der Waals surface area contributed by atoms with E-state index in [4.69, 9.17) is 4.74 Å². The number of carbonyl (C=O) groups is 1. The summed E-state index contributed by atoms with van der Waals surface area (Å²) in [7, 11) is -4.18. The van der Waals surface area contributed by atoms with Gasteiger partial charge in [-0.2, -0.15) is 5.10 Å². The van der Waals surface area contributed by atoms with Crippen molar-refractivity contribution in [2.75, 3.05) is 6.61 Å². The number of nitrogens with one attached hydrogen (secondary N) is 1. The Morgan fingerprint density at radius 2 is 2.00 bits per heavy atom. The van der Waals surface area contributed by atoms with Crippen LogP contribution in [0.1, 0.15) is 50.3 Å². The Kier molecular flexibility index (Phi) is 5.97. The van der Waals surface area contributed by atoms with Crippen LogP contribution in [0.5, 0.6) is 5.88 Å². The first kappa shape index (κ1) is 23.9. The van der Waals surface area contributed by atoms with Gasteiger partial charge in [-0.1, -0.05) is 13.8 Å². The van der Waals surface area contributed by atoms with Crippen LogP contribution in [-0.2, 0) is 26.8 Å². The van der Waals surface area contributed by atoms with Crippen LogP contribution in [0.2, 0.25) is 0 Å². The molecule has 2 aromatic heterocycles. The van der Waals surface area contributed by atoms with Crippen molar-refractivity contribution in [1.29, 1.82) is 0 Å². The lowest BCUT2D eigenvalue weighted by molar-refractivity contribution is -0.118. The molecular weight excluding hydrogens is 459 g/mol. The van der Waals surface area contributed by atoms with Crippen LogP contribution in [0.4, 0.5) is 4.39 Å². The molecule has 1 aliphatic heterocycles. The van der Waals surface area contributed by atoms with E-state index in [-0.39, 0.29) is 23.8 Å². The lowest BCUT2D eigenvalue weighted by Crippen LogP contribution is -2.34. The standard InChI is InChI=1S/C24H27FN4O4S/c1-14(2)22-19-10-20(30)28-34(31,32)17-11-27-29(12-17)24(4,5)13-33-21-9-16(6-7-26-21)18(19)8-15(3)23(22)25/h6-9,11-12,14H,10,13H2,1-5H3,(H,28,30). The SMILES string of the molecule is Cc1cc2c(c(C(C)C)c1F)CC(=O)NS(=O)(=O)c1cnn(c1)C(C)(C)COc1cc-2ccn1. The number of halogens is 1. The summed E-state index contributed by atoms with van der Waals surface area (Å²) in [6.45, 7) is 9.17. The molecule has 34 heavy (non-hydrogen) atoms. The number of amides is 1. The predicted octanol–water partition coefficient (Wildman–Crippen LogP) is 3.69. The maximum Gasteiger partial charge on any atom is 0.267 e. The van der Waals surface area contributed by atoms with E-state index in [1.165, 1.54) is 17.1 Å². The van der Waals surface area contributed by atoms with Gasteiger partial charge in [0.05, 0.1) is 18.2 Å². The van der Waals surface area contributed by atoms with Crippen LogP contribution >= 0.6 is 0 Å². The fraction of sp³-hybridized carbons (Fsp3) is 0.375. The summed E-state index contributed by atoms with van der Waals surface area (Å²) in [5.41, 5.74) is 1.84. The summed E-state index contributed by atoms with van der Waals surface area (Å²) in [4.78, 5) is 17.1. The van der Waals surface area contributed by atoms with Gasteiger partial charge >= 0.3 is 0 Å². The molecule has 180 valence electrons. The van der Waals surface area contributed by atoms with Crippen LogP contribution in [0.15, 0.2) is 41.7 Å². The zero-order valence-electron chi connectivity index (χ0n) is 19.7. The molecule has 0 unspecified atom stereocenters. The Hall–Kier alpha value is -3.27. The molecule has 0 aliphatic carbocycles. The van der Waals surface area contributed by atoms with Crippen LogP contribution in [-0.4, -0.2) is 35.7 Å². The monoisotopic (exact) mass is 486 g/mol. The van der Waals surface area contributed by atoms with Crippen LogP contribution in [0.25, 0.3) is 11.1 Å². The highest BCUT2D eigenvalue weighted by Crippen LogP contribution is 2.36. The van der Waals surface area contributed by atoms with Crippen molar-refractivity contribution in [3.8, 4) is 17.0 Å². The second-order valence-electron chi connectivity index (χ2n) is 9.41. The van der Waals surface area contributed by atoms with Crippen molar-refractivity contribution in [3.63, 3.8) is 0 Å². The van der Waals surface area contributed by atoms with Gasteiger partial charge in [0.15, 0.2) is 0 Å². The zero-order chi connectivity index (χ0) is 24.8. The van der Waals surface area contributed by atoms with Crippen LogP contribution < -0.4 is 9.46 Å². The topological polar surface area (TPSA) is 103 Å². The fourth-order valence-electron chi connectivity index (χ4n) is 4.06. The van der Waals surface area contributed by atoms with Crippen molar-refractivity contribution in [2.24, 2.45) is 0 Å². The molecule has 3 heterocycles. The van der Waals surface area contributed by atoms with E-state index in [0.717, 1.165) is 0 Å². The number of hydrogen-bond donors (Lipinski definition) is 1. The molecule has 1 aliphatic rings. The molecule has 0 saturated carbocycles. The number of ether oxygens (including phenoxy) is 1. The van der Waals surface area contributed by atoms with Crippen molar-refractivity contribution >= 4 is 15.9 Å². The van der Waals surface area contributed by atoms with Gasteiger partial charge in [0.2, 0.25) is 11.8 Å². The van der Waals surface area contributed by atoms with E-state index < -0.39 is 27.3 Å². The van der Waals surface area contributed by atoms with Crippen molar-refractivity contribution in [1.82, 2.24) is 19.5 Å². The normalized spacial score (nSPS) is 17.2. The van der Waals surface area contributed by atoms with E-state index in [9.17, 15) is 13.2 Å². The number of sulfonamides is 1. The number of pyridine rings is 1. The molecule has 0 atom stereocenters. The number of nitrogens with zero attached hydrogens (tertiary/aromatic N) is 3. The van der Waals surface area contributed by atoms with Crippen LogP contribution in [0.3, 0.4) is 0 Å². The van der Waals surface area contributed by atoms with E-state index in [1.807, 2.05) is 27.7 Å². The smallest absolute Gasteiger partial charge is 0.267 e. The van der Waals surface area contributed by atoms with Gasteiger partial charge in [-0.15, -0.1) is 0 Å². The third kappa shape index (κ3) is 4.42. The van der Waals surface area contributed by atoms with Gasteiger partial charge in [-0.3, -0.25) is 9.48 Å². The minimum absolute atomic E-state index is 0.151. The second kappa shape index (κ2) is 8.50. The average Bonchev–Trinajstić information content (AvgIpc) is 3.26. The third-order valence-electron chi connectivity index (χ3n) is 5.87. The summed E-state index contributed by atoms with van der Waals surface area (Å²) in [5.74, 6) is -1.06. The fourth-order valence-corrected chi connectivity index (χ4v) is 4.98. The second-order valence-corrected chi connectivity index (χ2v) is 11.1. The van der Waals surface area contributed by atoms with E-state index >= 15 is 4.39 Å². The molecule has 0 saturated heterocycles. The Morgan fingerprint density at radius 1 is 1.26 bits per heavy atom. The molecular formula is C24H27FN4O4S. The van der Waals surface area contributed by atoms with Gasteiger partial charge in [0, 0.05) is 18.5 Å². The molecule has 8 nitrogen and oxygen atoms in total. The number of fused-ring (bicyclic) bond motifs is 6. The number of aryl methyl sites for hydroxylation is 1. The summed E-state index contributed by atoms with van der Waals surface area (Å²) in [6, 6.07) is 5.16. The largest absolute Gasteiger partial charge is 0.475 e. The Bertz CT molecular complexity index is 1380. The number of hydrogen-bond acceptors (Lipinski definition) is 6. The number of rotatable bonds is 1. The molecule has 4 bridgehead atoms. The van der Waals surface area contributed by atoms with Crippen molar-refractivity contribution < 1.29 is 22.3 Å². The number of aromatic nitrogens is 3. The quantitative estimate of drug-likeness (QED) is 0.563. The molecule has 0 fully saturated rings. The molecule has 1 amide bonds. The summed E-state index contributed by atoms with van der Waals surface area (Å²) >= 11 is 0. The highest BCUT2D eigenvalue weighted by Gasteiger charge is 2.29. The van der Waals surface area contributed by atoms with Gasteiger partial charge in [-0.25, -0.2) is 22.5 Å². The van der Waals surface area contributed by atoms with Gasteiger partial charge in [0.25, 0.3) is 10.0 Å². The predicted molar refractivity (Wildman–Crippen MR) is 125 cm³/mol. The summed E-state index contributed by atoms with van der Waals surface area (Å²) < 4.78 is 50.5. The number of carbonyl (C=O) groups excluding carboxylic acids is 1. The van der Waals surface area contributed by atoms with E-state index in [1.54, 1.807) is 31.3 Å². The lowest BCUT2D eigenvalue weighted by atomic mass is 9.86. The van der Waals surface area contributed by atoms with E-state index in [0.29, 0.717) is 33.7 Å². The van der Waals surface area contributed by atoms with Gasteiger partial charge < -0.3 is 4.74 Å². The summed E-state index contributed by atoms with van der Waals surface area (Å²) in [5, 5.41) is 4.16. The first-order valence-electron chi connectivity index (χ1n) is 10.9. The maximum absolute atomic E-state index is 15.2. The third-order valence-corrected chi connectivity index (χ3v) is 7.19. The van der Waals surface area contributed by atoms with Crippen LogP contribution in [0, 0.1) is 12.7 Å². The minimum Gasteiger partial charge on any atom is -0.475 e. The first-order chi connectivity index (χ1) is 15.9. The molecule has 3 aromatic rings. The van der Waals surface area contributed by atoms with Gasteiger partial charge in [-0.05, 0) is 66.6 Å². The Balaban J connectivity index is 1.94. The molecule has 1 N–H and O–H groups in total. The molecule has 0 radical (unpaired) electrons. The Labute approximate surface area is 198 Å². The lowest BCUT2D eigenvalue weighted by Gasteiger charge is -2.25. The highest BCUT2D eigenvalue weighted by molar-refractivity contribution is 7.90. The first-order valence-corrected chi connectivity index (χ1v) is 12.4. The molecule has 1 aromatic carbocycles. The average molecular weight is 487 g/mol.